The number of carbonyl (C=O) groups is 1. The van der Waals surface area contributed by atoms with E-state index in [1.165, 1.54) is 36.4 Å². The van der Waals surface area contributed by atoms with E-state index in [-0.39, 0.29) is 11.1 Å². The minimum absolute atomic E-state index is 0.189. The summed E-state index contributed by atoms with van der Waals surface area (Å²) in [5.41, 5.74) is -4.36. The van der Waals surface area contributed by atoms with E-state index in [9.17, 15) is 18.0 Å². The van der Waals surface area contributed by atoms with Gasteiger partial charge in [0.15, 0.2) is 19.7 Å². The molecule has 0 aromatic heterocycles. The van der Waals surface area contributed by atoms with Crippen LogP contribution in [-0.4, -0.2) is 26.2 Å². The zero-order chi connectivity index (χ0) is 22.4. The molecule has 0 bridgehead atoms. The van der Waals surface area contributed by atoms with Crippen molar-refractivity contribution in [1.82, 2.24) is 0 Å². The first kappa shape index (κ1) is 22.6. The maximum Gasteiger partial charge on any atom is 0.457 e. The Bertz CT molecular complexity index is 893. The highest BCUT2D eigenvalue weighted by molar-refractivity contribution is 6.73. The molecule has 30 heavy (non-hydrogen) atoms. The summed E-state index contributed by atoms with van der Waals surface area (Å²) < 4.78 is 79.0. The van der Waals surface area contributed by atoms with Crippen molar-refractivity contribution in [2.45, 2.75) is 56.6 Å². The van der Waals surface area contributed by atoms with Crippen LogP contribution in [0.5, 0.6) is 0 Å². The lowest BCUT2D eigenvalue weighted by Gasteiger charge is -2.49. The van der Waals surface area contributed by atoms with Gasteiger partial charge in [0.25, 0.3) is 0 Å². The largest absolute Gasteiger partial charge is 0.457 e. The third-order valence-electron chi connectivity index (χ3n) is 6.20. The van der Waals surface area contributed by atoms with Gasteiger partial charge in [-0.3, -0.25) is 4.79 Å². The van der Waals surface area contributed by atoms with Gasteiger partial charge in [0, 0.05) is 22.3 Å². The summed E-state index contributed by atoms with van der Waals surface area (Å²) in [6.07, 6.45) is -5.89. The van der Waals surface area contributed by atoms with Crippen LogP contribution in [0.3, 0.4) is 0 Å². The fourth-order valence-electron chi connectivity index (χ4n) is 4.27. The molecule has 2 aromatic rings. The summed E-state index contributed by atoms with van der Waals surface area (Å²) in [6, 6.07) is 11.6. The molecule has 3 rings (SSSR count). The van der Waals surface area contributed by atoms with Gasteiger partial charge in [-0.15, -0.1) is 0 Å². The minimum Gasteiger partial charge on any atom is -0.398 e. The smallest absolute Gasteiger partial charge is 0.398 e. The number of halogens is 5. The summed E-state index contributed by atoms with van der Waals surface area (Å²) in [7, 11) is -3.02. The average Bonchev–Trinajstić information content (AvgIpc) is 2.74. The van der Waals surface area contributed by atoms with E-state index in [2.05, 4.69) is 0 Å². The Kier molecular flexibility index (Phi) is 5.70. The first-order chi connectivity index (χ1) is 14.0. The second kappa shape index (κ2) is 7.57. The van der Waals surface area contributed by atoms with E-state index in [1.54, 1.807) is 20.8 Å². The highest BCUT2D eigenvalue weighted by Gasteiger charge is 2.75. The van der Waals surface area contributed by atoms with Crippen molar-refractivity contribution in [2.24, 2.45) is 0 Å². The molecule has 0 atom stereocenters. The summed E-state index contributed by atoms with van der Waals surface area (Å²) in [5.74, 6) is -5.85. The average molecular weight is 443 g/mol. The van der Waals surface area contributed by atoms with Crippen LogP contribution in [0.4, 0.5) is 22.0 Å². The fraction of sp³-hybridized carbons (Fsp3) is 0.409. The summed E-state index contributed by atoms with van der Waals surface area (Å²) >= 11 is 0. The molecule has 2 aromatic carbocycles. The van der Waals surface area contributed by atoms with Crippen LogP contribution in [0, 0.1) is 0 Å². The number of fused-ring (bicyclic) bond motifs is 2. The highest BCUT2D eigenvalue weighted by atomic mass is 28.4. The molecule has 0 fully saturated rings. The maximum absolute atomic E-state index is 15.6. The van der Waals surface area contributed by atoms with Gasteiger partial charge in [0.2, 0.25) is 0 Å². The number of hydrogen-bond donors (Lipinski definition) is 0. The number of carbonyl (C=O) groups excluding carboxylic acids is 1. The molecule has 2 nitrogen and oxygen atoms in total. The van der Waals surface area contributed by atoms with Gasteiger partial charge >= 0.3 is 12.1 Å². The van der Waals surface area contributed by atoms with Crippen LogP contribution in [-0.2, 0) is 10.0 Å². The van der Waals surface area contributed by atoms with Crippen molar-refractivity contribution in [3.8, 4) is 0 Å². The lowest BCUT2D eigenvalue weighted by molar-refractivity contribution is -0.333. The second-order valence-electron chi connectivity index (χ2n) is 7.52. The Balaban J connectivity index is 2.50. The van der Waals surface area contributed by atoms with Gasteiger partial charge in [-0.05, 0) is 18.1 Å². The number of benzene rings is 2. The Morgan fingerprint density at radius 2 is 1.20 bits per heavy atom. The molecule has 0 N–H and O–H groups in total. The SMILES string of the molecule is CC[Si](CC)(CC)OC1(C(F)(F)C(F)(F)F)c2ccccc2C(=O)c2ccccc21. The van der Waals surface area contributed by atoms with Crippen LogP contribution >= 0.6 is 0 Å². The fourth-order valence-corrected chi connectivity index (χ4v) is 7.20. The van der Waals surface area contributed by atoms with E-state index in [0.29, 0.717) is 18.1 Å². The first-order valence-electron chi connectivity index (χ1n) is 9.89. The molecule has 1 aliphatic carbocycles. The normalized spacial score (nSPS) is 16.2. The maximum atomic E-state index is 15.6. The van der Waals surface area contributed by atoms with E-state index in [0.717, 1.165) is 12.1 Å². The van der Waals surface area contributed by atoms with Crippen LogP contribution in [0.15, 0.2) is 48.5 Å². The van der Waals surface area contributed by atoms with Gasteiger partial charge < -0.3 is 4.43 Å². The van der Waals surface area contributed by atoms with Crippen molar-refractivity contribution in [3.05, 3.63) is 70.8 Å². The Hall–Kier alpha value is -2.06. The van der Waals surface area contributed by atoms with Crippen molar-refractivity contribution >= 4 is 14.1 Å². The van der Waals surface area contributed by atoms with Gasteiger partial charge in [-0.25, -0.2) is 0 Å². The van der Waals surface area contributed by atoms with Gasteiger partial charge in [-0.1, -0.05) is 69.3 Å². The van der Waals surface area contributed by atoms with Crippen molar-refractivity contribution in [3.63, 3.8) is 0 Å². The zero-order valence-corrected chi connectivity index (χ0v) is 17.9. The zero-order valence-electron chi connectivity index (χ0n) is 16.9. The Labute approximate surface area is 173 Å². The molecule has 1 aliphatic rings. The van der Waals surface area contributed by atoms with E-state index in [4.69, 9.17) is 4.43 Å². The summed E-state index contributed by atoms with van der Waals surface area (Å²) in [6.45, 7) is 5.26. The quantitative estimate of drug-likeness (QED) is 0.368. The third-order valence-corrected chi connectivity index (χ3v) is 10.8. The Morgan fingerprint density at radius 3 is 1.57 bits per heavy atom. The standard InChI is InChI=1S/C22H23F5O2Si/c1-4-30(5-2,6-3)29-20(21(23,24)22(25,26)27)17-13-9-7-11-15(17)19(28)16-12-8-10-14-18(16)20/h7-14H,4-6H2,1-3H3. The molecule has 0 saturated heterocycles. The second-order valence-corrected chi connectivity index (χ2v) is 12.2. The molecule has 0 unspecified atom stereocenters. The number of alkyl halides is 5. The molecular formula is C22H23F5O2Si. The first-order valence-corrected chi connectivity index (χ1v) is 12.4. The lowest BCUT2D eigenvalue weighted by atomic mass is 9.70. The minimum atomic E-state index is -5.89. The molecule has 0 saturated carbocycles. The van der Waals surface area contributed by atoms with Crippen molar-refractivity contribution < 1.29 is 31.2 Å². The topological polar surface area (TPSA) is 26.3 Å². The Morgan fingerprint density at radius 1 is 0.800 bits per heavy atom. The van der Waals surface area contributed by atoms with Gasteiger partial charge in [0.1, 0.15) is 0 Å². The molecular weight excluding hydrogens is 419 g/mol. The van der Waals surface area contributed by atoms with E-state index >= 15 is 8.78 Å². The van der Waals surface area contributed by atoms with Gasteiger partial charge in [-0.2, -0.15) is 22.0 Å². The summed E-state index contributed by atoms with van der Waals surface area (Å²) in [4.78, 5) is 13.0. The molecule has 162 valence electrons. The third kappa shape index (κ3) is 3.03. The number of hydrogen-bond acceptors (Lipinski definition) is 2. The molecule has 8 heteroatoms. The molecule has 0 aliphatic heterocycles. The van der Waals surface area contributed by atoms with Crippen LogP contribution in [0.2, 0.25) is 18.1 Å². The predicted octanol–water partition coefficient (Wildman–Crippen LogP) is 6.69. The van der Waals surface area contributed by atoms with Crippen molar-refractivity contribution in [2.75, 3.05) is 0 Å². The molecule has 0 spiro atoms. The van der Waals surface area contributed by atoms with Crippen molar-refractivity contribution in [1.29, 1.82) is 0 Å². The lowest BCUT2D eigenvalue weighted by Crippen LogP contribution is -2.63. The highest BCUT2D eigenvalue weighted by Crippen LogP contribution is 2.58. The molecule has 0 radical (unpaired) electrons. The molecule has 0 amide bonds. The number of ketones is 1. The van der Waals surface area contributed by atoms with Gasteiger partial charge in [0.05, 0.1) is 0 Å². The predicted molar refractivity (Wildman–Crippen MR) is 106 cm³/mol. The van der Waals surface area contributed by atoms with E-state index < -0.39 is 42.9 Å². The number of rotatable bonds is 6. The van der Waals surface area contributed by atoms with Crippen LogP contribution < -0.4 is 0 Å². The van der Waals surface area contributed by atoms with E-state index in [1.807, 2.05) is 0 Å². The monoisotopic (exact) mass is 442 g/mol. The summed E-state index contributed by atoms with van der Waals surface area (Å²) in [5, 5.41) is 0. The van der Waals surface area contributed by atoms with Crippen LogP contribution in [0.1, 0.15) is 47.8 Å². The van der Waals surface area contributed by atoms with Crippen LogP contribution in [0.25, 0.3) is 0 Å². The molecule has 0 heterocycles.